The minimum Gasteiger partial charge on any atom is -0.465 e. The van der Waals surface area contributed by atoms with Crippen LogP contribution in [0.15, 0.2) is 24.3 Å². The second-order valence-corrected chi connectivity index (χ2v) is 6.77. The zero-order valence-corrected chi connectivity index (χ0v) is 14.3. The summed E-state index contributed by atoms with van der Waals surface area (Å²) in [7, 11) is 1.38. The third-order valence-corrected chi connectivity index (χ3v) is 5.40. The van der Waals surface area contributed by atoms with Crippen molar-refractivity contribution in [2.24, 2.45) is 5.92 Å². The Morgan fingerprint density at radius 3 is 2.54 bits per heavy atom. The Bertz CT molecular complexity index is 756. The quantitative estimate of drug-likeness (QED) is 0.729. The molecule has 1 heterocycles. The number of hydrogen-bond acceptors (Lipinski definition) is 2. The van der Waals surface area contributed by atoms with E-state index in [0.29, 0.717) is 18.4 Å². The summed E-state index contributed by atoms with van der Waals surface area (Å²) in [5, 5.41) is 0.856. The molecule has 1 aromatic carbocycles. The number of carbonyl (C=O) groups is 1. The van der Waals surface area contributed by atoms with E-state index in [1.165, 1.54) is 7.11 Å². The van der Waals surface area contributed by atoms with Gasteiger partial charge in [-0.3, -0.25) is 0 Å². The molecule has 5 heteroatoms. The molecule has 1 aromatic heterocycles. The Kier molecular flexibility index (Phi) is 4.37. The van der Waals surface area contributed by atoms with Gasteiger partial charge in [0.05, 0.1) is 12.7 Å². The van der Waals surface area contributed by atoms with E-state index < -0.39 is 5.92 Å². The van der Waals surface area contributed by atoms with Crippen molar-refractivity contribution in [3.8, 4) is 0 Å². The van der Waals surface area contributed by atoms with Crippen molar-refractivity contribution in [2.45, 2.75) is 51.5 Å². The highest BCUT2D eigenvalue weighted by molar-refractivity contribution is 6.05. The standard InChI is InChI=1S/C19H23F2NO2/c1-12(14-8-10-19(20,21)11-9-14)22-13(2)17(18(23)24-3)15-6-4-5-7-16(15)22/h4-7,12,14H,8-11H2,1-3H3. The number of nitrogens with zero attached hydrogens (tertiary/aromatic N) is 1. The number of halogens is 2. The van der Waals surface area contributed by atoms with E-state index in [2.05, 4.69) is 11.5 Å². The molecular formula is C19H23F2NO2. The van der Waals surface area contributed by atoms with Crippen LogP contribution in [0.25, 0.3) is 10.9 Å². The smallest absolute Gasteiger partial charge is 0.340 e. The van der Waals surface area contributed by atoms with Gasteiger partial charge in [0, 0.05) is 35.5 Å². The van der Waals surface area contributed by atoms with Gasteiger partial charge in [0.2, 0.25) is 5.92 Å². The number of para-hydroxylation sites is 1. The number of ether oxygens (including phenoxy) is 1. The van der Waals surface area contributed by atoms with Gasteiger partial charge in [0.25, 0.3) is 0 Å². The molecule has 3 nitrogen and oxygen atoms in total. The van der Waals surface area contributed by atoms with Crippen LogP contribution in [0.4, 0.5) is 8.78 Å². The van der Waals surface area contributed by atoms with Crippen molar-refractivity contribution in [1.82, 2.24) is 4.57 Å². The number of benzene rings is 1. The first-order chi connectivity index (χ1) is 11.4. The van der Waals surface area contributed by atoms with Crippen molar-refractivity contribution >= 4 is 16.9 Å². The van der Waals surface area contributed by atoms with Crippen molar-refractivity contribution in [2.75, 3.05) is 7.11 Å². The first kappa shape index (κ1) is 16.9. The Hall–Kier alpha value is -1.91. The minimum atomic E-state index is -2.53. The monoisotopic (exact) mass is 335 g/mol. The summed E-state index contributed by atoms with van der Waals surface area (Å²) in [5.41, 5.74) is 2.37. The molecule has 0 N–H and O–H groups in total. The number of carbonyl (C=O) groups excluding carboxylic acids is 1. The predicted molar refractivity (Wildman–Crippen MR) is 89.6 cm³/mol. The summed E-state index contributed by atoms with van der Waals surface area (Å²) < 4.78 is 34.0. The average Bonchev–Trinajstić information content (AvgIpc) is 2.85. The Morgan fingerprint density at radius 2 is 1.92 bits per heavy atom. The fraction of sp³-hybridized carbons (Fsp3) is 0.526. The Balaban J connectivity index is 2.03. The van der Waals surface area contributed by atoms with Crippen LogP contribution in [0, 0.1) is 12.8 Å². The molecule has 0 bridgehead atoms. The van der Waals surface area contributed by atoms with E-state index in [1.807, 2.05) is 31.2 Å². The molecular weight excluding hydrogens is 312 g/mol. The van der Waals surface area contributed by atoms with Gasteiger partial charge in [-0.15, -0.1) is 0 Å². The third kappa shape index (κ3) is 2.80. The first-order valence-electron chi connectivity index (χ1n) is 8.41. The van der Waals surface area contributed by atoms with Gasteiger partial charge in [-0.1, -0.05) is 18.2 Å². The zero-order chi connectivity index (χ0) is 17.5. The highest BCUT2D eigenvalue weighted by Gasteiger charge is 2.37. The number of rotatable bonds is 3. The van der Waals surface area contributed by atoms with E-state index in [-0.39, 0.29) is 30.8 Å². The molecule has 2 aromatic rings. The number of aromatic nitrogens is 1. The van der Waals surface area contributed by atoms with E-state index in [4.69, 9.17) is 4.74 Å². The molecule has 0 spiro atoms. The van der Waals surface area contributed by atoms with Crippen LogP contribution in [0.3, 0.4) is 0 Å². The zero-order valence-electron chi connectivity index (χ0n) is 14.3. The summed E-state index contributed by atoms with van der Waals surface area (Å²) in [6, 6.07) is 7.77. The van der Waals surface area contributed by atoms with Crippen LogP contribution in [-0.4, -0.2) is 23.6 Å². The fourth-order valence-electron chi connectivity index (χ4n) is 4.03. The molecule has 0 radical (unpaired) electrons. The normalized spacial score (nSPS) is 19.4. The highest BCUT2D eigenvalue weighted by atomic mass is 19.3. The molecule has 3 rings (SSSR count). The summed E-state index contributed by atoms with van der Waals surface area (Å²) >= 11 is 0. The number of methoxy groups -OCH3 is 1. The molecule has 1 fully saturated rings. The van der Waals surface area contributed by atoms with Crippen molar-refractivity contribution < 1.29 is 18.3 Å². The van der Waals surface area contributed by atoms with Gasteiger partial charge in [0.15, 0.2) is 0 Å². The van der Waals surface area contributed by atoms with Crippen LogP contribution in [0.5, 0.6) is 0 Å². The summed E-state index contributed by atoms with van der Waals surface area (Å²) in [6.07, 6.45) is 0.912. The van der Waals surface area contributed by atoms with Gasteiger partial charge in [-0.25, -0.2) is 13.6 Å². The average molecular weight is 335 g/mol. The molecule has 0 amide bonds. The van der Waals surface area contributed by atoms with Crippen LogP contribution >= 0.6 is 0 Å². The molecule has 1 saturated carbocycles. The van der Waals surface area contributed by atoms with E-state index in [1.54, 1.807) is 0 Å². The van der Waals surface area contributed by atoms with Crippen molar-refractivity contribution in [1.29, 1.82) is 0 Å². The highest BCUT2D eigenvalue weighted by Crippen LogP contribution is 2.42. The minimum absolute atomic E-state index is 0.0515. The van der Waals surface area contributed by atoms with Gasteiger partial charge in [-0.05, 0) is 38.7 Å². The maximum atomic E-state index is 13.5. The van der Waals surface area contributed by atoms with Gasteiger partial charge >= 0.3 is 5.97 Å². The van der Waals surface area contributed by atoms with Crippen LogP contribution in [-0.2, 0) is 4.74 Å². The lowest BCUT2D eigenvalue weighted by Crippen LogP contribution is -2.29. The van der Waals surface area contributed by atoms with Gasteiger partial charge in [-0.2, -0.15) is 0 Å². The van der Waals surface area contributed by atoms with Gasteiger partial charge < -0.3 is 9.30 Å². The van der Waals surface area contributed by atoms with Crippen molar-refractivity contribution in [3.05, 3.63) is 35.5 Å². The lowest BCUT2D eigenvalue weighted by molar-refractivity contribution is -0.0504. The van der Waals surface area contributed by atoms with E-state index >= 15 is 0 Å². The topological polar surface area (TPSA) is 31.2 Å². The summed E-state index contributed by atoms with van der Waals surface area (Å²) in [5.74, 6) is -2.70. The largest absolute Gasteiger partial charge is 0.465 e. The maximum absolute atomic E-state index is 13.5. The molecule has 1 unspecified atom stereocenters. The Morgan fingerprint density at radius 1 is 1.29 bits per heavy atom. The predicted octanol–water partition coefficient (Wildman–Crippen LogP) is 5.12. The van der Waals surface area contributed by atoms with Crippen LogP contribution < -0.4 is 0 Å². The SMILES string of the molecule is COC(=O)c1c(C)n(C(C)C2CCC(F)(F)CC2)c2ccccc12. The fourth-order valence-corrected chi connectivity index (χ4v) is 4.03. The third-order valence-electron chi connectivity index (χ3n) is 5.40. The molecule has 130 valence electrons. The Labute approximate surface area is 140 Å². The molecule has 1 atom stereocenters. The van der Waals surface area contributed by atoms with Crippen molar-refractivity contribution in [3.63, 3.8) is 0 Å². The lowest BCUT2D eigenvalue weighted by Gasteiger charge is -2.33. The number of esters is 1. The van der Waals surface area contributed by atoms with Crippen LogP contribution in [0.2, 0.25) is 0 Å². The molecule has 1 aliphatic carbocycles. The lowest BCUT2D eigenvalue weighted by atomic mass is 9.82. The number of alkyl halides is 2. The molecule has 0 saturated heterocycles. The first-order valence-corrected chi connectivity index (χ1v) is 8.41. The number of hydrogen-bond donors (Lipinski definition) is 0. The molecule has 0 aliphatic heterocycles. The maximum Gasteiger partial charge on any atom is 0.340 e. The van der Waals surface area contributed by atoms with E-state index in [9.17, 15) is 13.6 Å². The van der Waals surface area contributed by atoms with Gasteiger partial charge in [0.1, 0.15) is 0 Å². The molecule has 24 heavy (non-hydrogen) atoms. The molecule has 1 aliphatic rings. The second-order valence-electron chi connectivity index (χ2n) is 6.77. The summed E-state index contributed by atoms with van der Waals surface area (Å²) in [6.45, 7) is 3.97. The van der Waals surface area contributed by atoms with Crippen LogP contribution in [0.1, 0.15) is 54.7 Å². The second kappa shape index (κ2) is 6.19. The van der Waals surface area contributed by atoms with E-state index in [0.717, 1.165) is 16.6 Å². The number of fused-ring (bicyclic) bond motifs is 1. The summed E-state index contributed by atoms with van der Waals surface area (Å²) in [4.78, 5) is 12.2.